The summed E-state index contributed by atoms with van der Waals surface area (Å²) in [6.45, 7) is 0.612. The molecule has 2 aromatic heterocycles. The molecule has 1 aromatic carbocycles. The Morgan fingerprint density at radius 2 is 1.59 bits per heavy atom. The zero-order valence-electron chi connectivity index (χ0n) is 16.4. The number of carbonyl (C=O) groups is 1. The van der Waals surface area contributed by atoms with Crippen molar-refractivity contribution >= 4 is 17.3 Å². The second-order valence-electron chi connectivity index (χ2n) is 6.01. The standard InChI is InChI=1S/C21H22N4O4/c1-27-18-11-16(12-19(28-2)20(18)29-3)25-21(26)17-10-15(6-9-23-17)24-13-14-4-7-22-8-5-14/h4-12H,13H2,1-3H3,(H,23,24)(H,25,26). The van der Waals surface area contributed by atoms with Gasteiger partial charge in [-0.1, -0.05) is 0 Å². The Bertz CT molecular complexity index is 954. The lowest BCUT2D eigenvalue weighted by molar-refractivity contribution is 0.102. The molecule has 0 fully saturated rings. The lowest BCUT2D eigenvalue weighted by atomic mass is 10.2. The maximum absolute atomic E-state index is 12.7. The van der Waals surface area contributed by atoms with E-state index in [0.29, 0.717) is 29.5 Å². The van der Waals surface area contributed by atoms with Crippen LogP contribution in [0.3, 0.4) is 0 Å². The second kappa shape index (κ2) is 9.41. The van der Waals surface area contributed by atoms with Gasteiger partial charge in [-0.15, -0.1) is 0 Å². The first-order valence-corrected chi connectivity index (χ1v) is 8.84. The summed E-state index contributed by atoms with van der Waals surface area (Å²) < 4.78 is 15.9. The highest BCUT2D eigenvalue weighted by Gasteiger charge is 2.16. The highest BCUT2D eigenvalue weighted by atomic mass is 16.5. The minimum absolute atomic E-state index is 0.276. The maximum atomic E-state index is 12.7. The highest BCUT2D eigenvalue weighted by molar-refractivity contribution is 6.03. The first kappa shape index (κ1) is 19.9. The number of rotatable bonds is 8. The molecule has 0 saturated carbocycles. The van der Waals surface area contributed by atoms with Gasteiger partial charge in [-0.05, 0) is 29.8 Å². The number of nitrogens with one attached hydrogen (secondary N) is 2. The molecule has 2 N–H and O–H groups in total. The number of carbonyl (C=O) groups excluding carboxylic acids is 1. The van der Waals surface area contributed by atoms with Gasteiger partial charge in [-0.2, -0.15) is 0 Å². The zero-order chi connectivity index (χ0) is 20.6. The summed E-state index contributed by atoms with van der Waals surface area (Å²) in [6, 6.07) is 10.7. The summed E-state index contributed by atoms with van der Waals surface area (Å²) in [5.41, 5.74) is 2.65. The molecule has 29 heavy (non-hydrogen) atoms. The molecule has 2 heterocycles. The molecule has 0 aliphatic carbocycles. The number of pyridine rings is 2. The van der Waals surface area contributed by atoms with E-state index in [9.17, 15) is 4.79 Å². The fourth-order valence-electron chi connectivity index (χ4n) is 2.72. The van der Waals surface area contributed by atoms with Crippen LogP contribution in [0.4, 0.5) is 11.4 Å². The van der Waals surface area contributed by atoms with Crippen molar-refractivity contribution in [3.8, 4) is 17.2 Å². The quantitative estimate of drug-likeness (QED) is 0.605. The first-order chi connectivity index (χ1) is 14.1. The molecule has 0 unspecified atom stereocenters. The summed E-state index contributed by atoms with van der Waals surface area (Å²) in [5, 5.41) is 6.07. The fourth-order valence-corrected chi connectivity index (χ4v) is 2.72. The Kier molecular flexibility index (Phi) is 6.47. The van der Waals surface area contributed by atoms with Crippen LogP contribution in [0.15, 0.2) is 55.0 Å². The number of methoxy groups -OCH3 is 3. The Hall–Kier alpha value is -3.81. The predicted octanol–water partition coefficient (Wildman–Crippen LogP) is 3.37. The van der Waals surface area contributed by atoms with Crippen molar-refractivity contribution in [1.29, 1.82) is 0 Å². The Balaban J connectivity index is 1.74. The smallest absolute Gasteiger partial charge is 0.274 e. The monoisotopic (exact) mass is 394 g/mol. The van der Waals surface area contributed by atoms with Crippen LogP contribution in [-0.2, 0) is 6.54 Å². The first-order valence-electron chi connectivity index (χ1n) is 8.84. The van der Waals surface area contributed by atoms with Gasteiger partial charge >= 0.3 is 0 Å². The minimum atomic E-state index is -0.355. The minimum Gasteiger partial charge on any atom is -0.493 e. The number of aromatic nitrogens is 2. The van der Waals surface area contributed by atoms with Crippen LogP contribution in [0.25, 0.3) is 0 Å². The molecule has 0 spiro atoms. The van der Waals surface area contributed by atoms with Gasteiger partial charge in [0.05, 0.1) is 21.3 Å². The topological polar surface area (TPSA) is 94.6 Å². The van der Waals surface area contributed by atoms with Crippen LogP contribution in [0.1, 0.15) is 16.1 Å². The number of ether oxygens (including phenoxy) is 3. The molecule has 8 heteroatoms. The van der Waals surface area contributed by atoms with Gasteiger partial charge in [0.15, 0.2) is 11.5 Å². The highest BCUT2D eigenvalue weighted by Crippen LogP contribution is 2.40. The molecule has 0 bridgehead atoms. The van der Waals surface area contributed by atoms with E-state index in [1.165, 1.54) is 21.3 Å². The summed E-state index contributed by atoms with van der Waals surface area (Å²) in [6.07, 6.45) is 5.05. The Morgan fingerprint density at radius 1 is 0.897 bits per heavy atom. The third-order valence-corrected chi connectivity index (χ3v) is 4.16. The fraction of sp³-hybridized carbons (Fsp3) is 0.190. The third kappa shape index (κ3) is 4.92. The molecule has 0 aliphatic heterocycles. The maximum Gasteiger partial charge on any atom is 0.274 e. The summed E-state index contributed by atoms with van der Waals surface area (Å²) >= 11 is 0. The lowest BCUT2D eigenvalue weighted by Crippen LogP contribution is -2.14. The van der Waals surface area contributed by atoms with E-state index >= 15 is 0 Å². The number of anilines is 2. The largest absolute Gasteiger partial charge is 0.493 e. The van der Waals surface area contributed by atoms with E-state index in [4.69, 9.17) is 14.2 Å². The van der Waals surface area contributed by atoms with Gasteiger partial charge in [0, 0.05) is 48.6 Å². The van der Waals surface area contributed by atoms with Crippen LogP contribution < -0.4 is 24.8 Å². The van der Waals surface area contributed by atoms with Gasteiger partial charge in [0.2, 0.25) is 5.75 Å². The van der Waals surface area contributed by atoms with Crippen LogP contribution in [0, 0.1) is 0 Å². The molecule has 0 radical (unpaired) electrons. The lowest BCUT2D eigenvalue weighted by Gasteiger charge is -2.14. The van der Waals surface area contributed by atoms with Crippen LogP contribution in [0.5, 0.6) is 17.2 Å². The van der Waals surface area contributed by atoms with E-state index < -0.39 is 0 Å². The van der Waals surface area contributed by atoms with E-state index in [-0.39, 0.29) is 11.6 Å². The van der Waals surface area contributed by atoms with Gasteiger partial charge in [-0.3, -0.25) is 14.8 Å². The number of hydrogen-bond donors (Lipinski definition) is 2. The molecule has 1 amide bonds. The van der Waals surface area contributed by atoms with Crippen molar-refractivity contribution in [2.45, 2.75) is 6.54 Å². The van der Waals surface area contributed by atoms with E-state index in [1.807, 2.05) is 12.1 Å². The van der Waals surface area contributed by atoms with Crippen molar-refractivity contribution in [2.75, 3.05) is 32.0 Å². The predicted molar refractivity (Wildman–Crippen MR) is 110 cm³/mol. The zero-order valence-corrected chi connectivity index (χ0v) is 16.4. The summed E-state index contributed by atoms with van der Waals surface area (Å²) in [4.78, 5) is 20.8. The van der Waals surface area contributed by atoms with Crippen molar-refractivity contribution in [3.05, 3.63) is 66.2 Å². The molecule has 3 rings (SSSR count). The molecule has 0 atom stereocenters. The van der Waals surface area contributed by atoms with Crippen LogP contribution >= 0.6 is 0 Å². The summed E-state index contributed by atoms with van der Waals surface area (Å²) in [7, 11) is 4.55. The van der Waals surface area contributed by atoms with Crippen LogP contribution in [-0.4, -0.2) is 37.2 Å². The van der Waals surface area contributed by atoms with Crippen molar-refractivity contribution in [2.24, 2.45) is 0 Å². The van der Waals surface area contributed by atoms with Gasteiger partial charge in [0.25, 0.3) is 5.91 Å². The normalized spacial score (nSPS) is 10.2. The SMILES string of the molecule is COc1cc(NC(=O)c2cc(NCc3ccncc3)ccn2)cc(OC)c1OC. The Labute approximate surface area is 168 Å². The van der Waals surface area contributed by atoms with Crippen molar-refractivity contribution in [3.63, 3.8) is 0 Å². The average molecular weight is 394 g/mol. The third-order valence-electron chi connectivity index (χ3n) is 4.16. The van der Waals surface area contributed by atoms with E-state index in [1.54, 1.807) is 42.9 Å². The molecular weight excluding hydrogens is 372 g/mol. The molecule has 150 valence electrons. The molecule has 3 aromatic rings. The number of benzene rings is 1. The number of nitrogens with zero attached hydrogens (tertiary/aromatic N) is 2. The van der Waals surface area contributed by atoms with Crippen LogP contribution in [0.2, 0.25) is 0 Å². The molecular formula is C21H22N4O4. The summed E-state index contributed by atoms with van der Waals surface area (Å²) in [5.74, 6) is 0.992. The second-order valence-corrected chi connectivity index (χ2v) is 6.01. The average Bonchev–Trinajstić information content (AvgIpc) is 2.77. The van der Waals surface area contributed by atoms with Gasteiger partial charge < -0.3 is 24.8 Å². The van der Waals surface area contributed by atoms with Gasteiger partial charge in [-0.25, -0.2) is 0 Å². The Morgan fingerprint density at radius 3 is 2.21 bits per heavy atom. The molecule has 8 nitrogen and oxygen atoms in total. The van der Waals surface area contributed by atoms with E-state index in [2.05, 4.69) is 20.6 Å². The van der Waals surface area contributed by atoms with E-state index in [0.717, 1.165) is 11.3 Å². The number of hydrogen-bond acceptors (Lipinski definition) is 7. The number of amides is 1. The van der Waals surface area contributed by atoms with Crippen molar-refractivity contribution in [1.82, 2.24) is 9.97 Å². The molecule has 0 saturated heterocycles. The van der Waals surface area contributed by atoms with Crippen molar-refractivity contribution < 1.29 is 19.0 Å². The van der Waals surface area contributed by atoms with Gasteiger partial charge in [0.1, 0.15) is 5.69 Å². The molecule has 0 aliphatic rings.